The number of nitrogens with zero attached hydrogens (tertiary/aromatic N) is 4. The minimum Gasteiger partial charge on any atom is -0.481 e. The van der Waals surface area contributed by atoms with Crippen molar-refractivity contribution in [2.75, 3.05) is 13.1 Å². The molecule has 0 radical (unpaired) electrons. The molecule has 164 valence electrons. The fraction of sp³-hybridized carbons (Fsp3) is 0.458. The number of aryl methyl sites for hydroxylation is 1. The maximum Gasteiger partial charge on any atom is 0.309 e. The lowest BCUT2D eigenvalue weighted by Crippen LogP contribution is -2.45. The lowest BCUT2D eigenvalue weighted by molar-refractivity contribution is -0.155. The fourth-order valence-corrected chi connectivity index (χ4v) is 4.57. The number of benzene rings is 1. The highest BCUT2D eigenvalue weighted by atomic mass is 16.6. The van der Waals surface area contributed by atoms with Crippen molar-refractivity contribution in [3.05, 3.63) is 59.4 Å². The molecule has 1 aromatic carbocycles. The van der Waals surface area contributed by atoms with Crippen LogP contribution in [0.4, 0.5) is 0 Å². The Bertz CT molecular complexity index is 985. The molecule has 0 saturated carbocycles. The van der Waals surface area contributed by atoms with Crippen molar-refractivity contribution in [2.24, 2.45) is 10.6 Å². The summed E-state index contributed by atoms with van der Waals surface area (Å²) in [6.45, 7) is 10.1. The van der Waals surface area contributed by atoms with Gasteiger partial charge < -0.3 is 9.94 Å². The highest BCUT2D eigenvalue weighted by molar-refractivity contribution is 6.01. The van der Waals surface area contributed by atoms with Crippen molar-refractivity contribution in [1.82, 2.24) is 14.7 Å². The average molecular weight is 423 g/mol. The summed E-state index contributed by atoms with van der Waals surface area (Å²) in [5.41, 5.74) is 4.60. The molecule has 2 aromatic rings. The second-order valence-electron chi connectivity index (χ2n) is 8.78. The van der Waals surface area contributed by atoms with E-state index in [4.69, 9.17) is 4.84 Å². The van der Waals surface area contributed by atoms with Gasteiger partial charge in [0.25, 0.3) is 0 Å². The molecule has 1 fully saturated rings. The summed E-state index contributed by atoms with van der Waals surface area (Å²) in [5, 5.41) is 18.7. The van der Waals surface area contributed by atoms with Crippen molar-refractivity contribution < 1.29 is 14.7 Å². The molecule has 1 saturated heterocycles. The van der Waals surface area contributed by atoms with Crippen LogP contribution >= 0.6 is 0 Å². The summed E-state index contributed by atoms with van der Waals surface area (Å²) >= 11 is 0. The van der Waals surface area contributed by atoms with Crippen molar-refractivity contribution >= 4 is 17.9 Å². The third kappa shape index (κ3) is 4.42. The lowest BCUT2D eigenvalue weighted by atomic mass is 9.73. The predicted molar refractivity (Wildman–Crippen MR) is 120 cm³/mol. The van der Waals surface area contributed by atoms with Gasteiger partial charge in [0.05, 0.1) is 17.3 Å². The zero-order valence-corrected chi connectivity index (χ0v) is 18.3. The number of rotatable bonds is 7. The Balaban J connectivity index is 1.36. The number of carboxylic acid groups (broad SMARTS) is 1. The van der Waals surface area contributed by atoms with E-state index >= 15 is 0 Å². The van der Waals surface area contributed by atoms with E-state index in [1.807, 2.05) is 25.3 Å². The lowest BCUT2D eigenvalue weighted by Gasteiger charge is -2.39. The van der Waals surface area contributed by atoms with Crippen molar-refractivity contribution in [3.63, 3.8) is 0 Å². The van der Waals surface area contributed by atoms with E-state index in [1.165, 1.54) is 5.56 Å². The Morgan fingerprint density at radius 2 is 2.00 bits per heavy atom. The molecule has 4 rings (SSSR count). The number of aromatic nitrogens is 2. The van der Waals surface area contributed by atoms with Crippen LogP contribution in [0.1, 0.15) is 48.1 Å². The zero-order chi connectivity index (χ0) is 22.0. The third-order valence-corrected chi connectivity index (χ3v) is 6.72. The summed E-state index contributed by atoms with van der Waals surface area (Å²) in [6.07, 6.45) is 5.73. The molecule has 1 unspecified atom stereocenters. The quantitative estimate of drug-likeness (QED) is 0.733. The monoisotopic (exact) mass is 422 g/mol. The van der Waals surface area contributed by atoms with Gasteiger partial charge in [0.1, 0.15) is 6.10 Å². The van der Waals surface area contributed by atoms with Crippen LogP contribution < -0.4 is 0 Å². The van der Waals surface area contributed by atoms with Crippen molar-refractivity contribution in [1.29, 1.82) is 0 Å². The van der Waals surface area contributed by atoms with E-state index in [0.717, 1.165) is 42.2 Å². The van der Waals surface area contributed by atoms with Gasteiger partial charge in [-0.15, -0.1) is 0 Å². The van der Waals surface area contributed by atoms with Crippen LogP contribution in [0.2, 0.25) is 0 Å². The second-order valence-corrected chi connectivity index (χ2v) is 8.78. The molecule has 0 amide bonds. The Kier molecular flexibility index (Phi) is 5.96. The van der Waals surface area contributed by atoms with E-state index in [0.29, 0.717) is 25.7 Å². The average Bonchev–Trinajstić information content (AvgIpc) is 3.36. The summed E-state index contributed by atoms with van der Waals surface area (Å²) in [5.74, 6) is -0.727. The van der Waals surface area contributed by atoms with Crippen LogP contribution in [0.5, 0.6) is 0 Å². The Hall–Kier alpha value is -2.93. The molecule has 7 heteroatoms. The van der Waals surface area contributed by atoms with E-state index in [9.17, 15) is 9.90 Å². The minimum atomic E-state index is -0.764. The first-order valence-corrected chi connectivity index (χ1v) is 10.8. The number of hydrogen-bond donors (Lipinski definition) is 1. The Labute approximate surface area is 183 Å². The first kappa shape index (κ1) is 21.3. The first-order valence-electron chi connectivity index (χ1n) is 10.8. The maximum absolute atomic E-state index is 12.3. The van der Waals surface area contributed by atoms with Crippen LogP contribution in [-0.4, -0.2) is 50.7 Å². The molecule has 0 bridgehead atoms. The van der Waals surface area contributed by atoms with Crippen molar-refractivity contribution in [3.8, 4) is 0 Å². The van der Waals surface area contributed by atoms with E-state index < -0.39 is 11.4 Å². The third-order valence-electron chi connectivity index (χ3n) is 6.72. The standard InChI is InChI=1S/C24H30N4O3/c1-4-28-18(3)20(15-25-28)16-27-11-9-24(10-12-27,23(29)30)14-21-13-22(26-31-21)19-7-5-17(2)6-8-19/h4-8,15,21H,1,9-14,16H2,2-3H3,(H,29,30). The number of piperidine rings is 1. The van der Waals surface area contributed by atoms with Gasteiger partial charge in [0.15, 0.2) is 0 Å². The molecule has 2 aliphatic rings. The molecule has 3 heterocycles. The molecule has 0 aliphatic carbocycles. The van der Waals surface area contributed by atoms with Gasteiger partial charge in [-0.3, -0.25) is 9.69 Å². The Morgan fingerprint density at radius 1 is 1.29 bits per heavy atom. The summed E-state index contributed by atoms with van der Waals surface area (Å²) in [4.78, 5) is 20.3. The summed E-state index contributed by atoms with van der Waals surface area (Å²) in [6, 6.07) is 8.20. The van der Waals surface area contributed by atoms with Gasteiger partial charge in [-0.1, -0.05) is 41.6 Å². The topological polar surface area (TPSA) is 80.0 Å². The second kappa shape index (κ2) is 8.67. The number of oxime groups is 1. The van der Waals surface area contributed by atoms with Crippen molar-refractivity contribution in [2.45, 2.75) is 52.2 Å². The van der Waals surface area contributed by atoms with E-state index in [1.54, 1.807) is 10.9 Å². The SMILES string of the molecule is C=Cn1ncc(CN2CCC(CC3CC(c4ccc(C)cc4)=NO3)(C(=O)O)CC2)c1C. The minimum absolute atomic E-state index is 0.188. The fourth-order valence-electron chi connectivity index (χ4n) is 4.57. The molecule has 2 aliphatic heterocycles. The number of hydrogen-bond acceptors (Lipinski definition) is 5. The van der Waals surface area contributed by atoms with Gasteiger partial charge >= 0.3 is 5.97 Å². The number of carbonyl (C=O) groups is 1. The summed E-state index contributed by atoms with van der Waals surface area (Å²) in [7, 11) is 0. The van der Waals surface area contributed by atoms with Crippen LogP contribution in [0, 0.1) is 19.3 Å². The molecular formula is C24H30N4O3. The highest BCUT2D eigenvalue weighted by Crippen LogP contribution is 2.39. The van der Waals surface area contributed by atoms with Gasteiger partial charge in [-0.25, -0.2) is 4.68 Å². The first-order chi connectivity index (χ1) is 14.9. The van der Waals surface area contributed by atoms with E-state index in [2.05, 4.69) is 40.8 Å². The molecule has 1 N–H and O–H groups in total. The normalized spacial score (nSPS) is 20.8. The highest BCUT2D eigenvalue weighted by Gasteiger charge is 2.45. The van der Waals surface area contributed by atoms with Gasteiger partial charge in [-0.2, -0.15) is 5.10 Å². The predicted octanol–water partition coefficient (Wildman–Crippen LogP) is 3.85. The van der Waals surface area contributed by atoms with Crippen LogP contribution in [0.25, 0.3) is 6.20 Å². The van der Waals surface area contributed by atoms with E-state index in [-0.39, 0.29) is 6.10 Å². The molecule has 1 aromatic heterocycles. The number of carboxylic acids is 1. The van der Waals surface area contributed by atoms with Gasteiger partial charge in [0.2, 0.25) is 0 Å². The zero-order valence-electron chi connectivity index (χ0n) is 18.3. The largest absolute Gasteiger partial charge is 0.481 e. The maximum atomic E-state index is 12.3. The van der Waals surface area contributed by atoms with Crippen LogP contribution in [0.15, 0.2) is 42.2 Å². The smallest absolute Gasteiger partial charge is 0.309 e. The molecular weight excluding hydrogens is 392 g/mol. The number of likely N-dealkylation sites (tertiary alicyclic amines) is 1. The number of aliphatic carboxylic acids is 1. The molecule has 0 spiro atoms. The molecule has 7 nitrogen and oxygen atoms in total. The molecule has 1 atom stereocenters. The van der Waals surface area contributed by atoms with Gasteiger partial charge in [-0.05, 0) is 45.3 Å². The van der Waals surface area contributed by atoms with Crippen LogP contribution in [0.3, 0.4) is 0 Å². The van der Waals surface area contributed by atoms with Gasteiger partial charge in [0, 0.05) is 36.8 Å². The summed E-state index contributed by atoms with van der Waals surface area (Å²) < 4.78 is 1.77. The van der Waals surface area contributed by atoms with Crippen LogP contribution in [-0.2, 0) is 16.2 Å². The molecule has 31 heavy (non-hydrogen) atoms. The Morgan fingerprint density at radius 3 is 2.61 bits per heavy atom.